The van der Waals surface area contributed by atoms with Gasteiger partial charge in [-0.05, 0) is 88.6 Å². The zero-order valence-electron chi connectivity index (χ0n) is 35.1. The lowest BCUT2D eigenvalue weighted by molar-refractivity contribution is -0.137. The van der Waals surface area contributed by atoms with Crippen molar-refractivity contribution in [2.45, 2.75) is 122 Å². The Hall–Kier alpha value is -6.58. The molecule has 3 aliphatic rings. The van der Waals surface area contributed by atoms with Gasteiger partial charge in [0.05, 0.1) is 40.0 Å². The Morgan fingerprint density at radius 2 is 1.54 bits per heavy atom. The minimum Gasteiger partial charge on any atom is -0.480 e. The molecular formula is C46H52N8O7. The van der Waals surface area contributed by atoms with Crippen LogP contribution in [0.15, 0.2) is 18.2 Å². The van der Waals surface area contributed by atoms with Gasteiger partial charge < -0.3 is 25.7 Å². The molecule has 0 aromatic carbocycles. The molecule has 6 atom stereocenters. The number of unbranched alkanes of at least 4 members (excludes halogenated alkanes) is 1. The molecule has 15 heteroatoms. The SMILES string of the molecule is C#C[C@@H]1c2cc3[nH]c(cc4nc(cc5[nH]c6c(c5C)C(=O)C(C(=O)O)c6c(n2)[C@H]1CCC(=O)NCCCC[C@H](NC(=O)CCC)C(=O)NN)[C@H](CC)[C@H]4C#C)c(C(C)=O)c3C. The monoisotopic (exact) mass is 828 g/mol. The molecule has 61 heavy (non-hydrogen) atoms. The number of hydrogen-bond donors (Lipinski definition) is 7. The zero-order valence-corrected chi connectivity index (χ0v) is 35.1. The highest BCUT2D eigenvalue weighted by Crippen LogP contribution is 2.48. The highest BCUT2D eigenvalue weighted by Gasteiger charge is 2.45. The van der Waals surface area contributed by atoms with Crippen LogP contribution in [0.1, 0.15) is 162 Å². The predicted molar refractivity (Wildman–Crippen MR) is 229 cm³/mol. The number of Topliss-reactive ketones (excluding diaryl/α,β-unsaturated/α-hetero) is 2. The standard InChI is InChI=1S/C46H52N8O7/c1-8-14-37(57)51-29(45(59)54-47)15-12-13-18-48-36(56)17-16-28-27(11-4)34-19-30-22(5)38(24(7)55)35(49-30)21-33-26(10-3)25(9-2)32(50-33)20-31-23(6)39-43(52-31)40(42(28)53-34)41(44(39)58)46(60)61/h3-4,19-21,25-29,41,49,52H,8-9,12-18,47H2,1-2,5-7H3,(H,48,56)(H,51,57)(H,54,59)(H,60,61)/t25-,26-,27+,28+,29+,41?/m1/s1. The first-order valence-corrected chi connectivity index (χ1v) is 20.7. The van der Waals surface area contributed by atoms with Gasteiger partial charge >= 0.3 is 5.97 Å². The molecule has 0 spiro atoms. The van der Waals surface area contributed by atoms with Crippen LogP contribution in [0.4, 0.5) is 0 Å². The molecule has 0 saturated heterocycles. The van der Waals surface area contributed by atoms with E-state index < -0.39 is 47.4 Å². The number of carbonyl (C=O) groups excluding carboxylic acids is 5. The number of aromatic nitrogens is 4. The number of H-pyrrole nitrogens is 2. The maximum Gasteiger partial charge on any atom is 0.319 e. The second-order valence-corrected chi connectivity index (χ2v) is 16.0. The second-order valence-electron chi connectivity index (χ2n) is 16.0. The molecule has 0 fully saturated rings. The van der Waals surface area contributed by atoms with Gasteiger partial charge in [-0.1, -0.05) is 25.7 Å². The number of terminal acetylenes is 2. The smallest absolute Gasteiger partial charge is 0.319 e. The summed E-state index contributed by atoms with van der Waals surface area (Å²) in [5.74, 6) is 4.34. The van der Waals surface area contributed by atoms with Crippen molar-refractivity contribution in [1.29, 1.82) is 0 Å². The minimum absolute atomic E-state index is 0.00264. The summed E-state index contributed by atoms with van der Waals surface area (Å²) in [5, 5.41) is 16.2. The Morgan fingerprint density at radius 3 is 2.18 bits per heavy atom. The van der Waals surface area contributed by atoms with E-state index in [1.165, 1.54) is 6.92 Å². The average molecular weight is 829 g/mol. The summed E-state index contributed by atoms with van der Waals surface area (Å²) in [6.07, 6.45) is 15.4. The van der Waals surface area contributed by atoms with Gasteiger partial charge in [-0.3, -0.25) is 44.2 Å². The minimum atomic E-state index is -1.58. The number of aromatic amines is 2. The van der Waals surface area contributed by atoms with Crippen LogP contribution in [-0.2, 0) is 19.2 Å². The number of nitrogens with one attached hydrogen (secondary N) is 5. The molecule has 6 rings (SSSR count). The number of carboxylic acids is 1. The van der Waals surface area contributed by atoms with E-state index in [-0.39, 0.29) is 53.9 Å². The van der Waals surface area contributed by atoms with E-state index in [2.05, 4.69) is 37.9 Å². The highest BCUT2D eigenvalue weighted by atomic mass is 16.4. The highest BCUT2D eigenvalue weighted by molar-refractivity contribution is 6.23. The number of aryl methyl sites for hydroxylation is 2. The van der Waals surface area contributed by atoms with Crippen molar-refractivity contribution in [3.05, 3.63) is 68.8 Å². The third-order valence-electron chi connectivity index (χ3n) is 12.1. The van der Waals surface area contributed by atoms with Crippen LogP contribution in [0.3, 0.4) is 0 Å². The summed E-state index contributed by atoms with van der Waals surface area (Å²) in [5.41, 5.74) is 8.11. The molecule has 3 aromatic heterocycles. The normalized spacial score (nSPS) is 19.4. The van der Waals surface area contributed by atoms with Crippen LogP contribution in [0.5, 0.6) is 0 Å². The number of ketones is 2. The molecule has 3 aromatic rings. The largest absolute Gasteiger partial charge is 0.480 e. The van der Waals surface area contributed by atoms with Gasteiger partial charge in [0.15, 0.2) is 11.6 Å². The molecule has 5 heterocycles. The van der Waals surface area contributed by atoms with Crippen molar-refractivity contribution in [1.82, 2.24) is 36.0 Å². The lowest BCUT2D eigenvalue weighted by atomic mass is 9.83. The number of hydrazine groups is 1. The number of carbonyl (C=O) groups is 6. The molecule has 318 valence electrons. The molecule has 1 aliphatic carbocycles. The molecular weight excluding hydrogens is 777 g/mol. The first-order chi connectivity index (χ1) is 29.2. The first kappa shape index (κ1) is 44.0. The van der Waals surface area contributed by atoms with Gasteiger partial charge in [0.2, 0.25) is 11.8 Å². The summed E-state index contributed by atoms with van der Waals surface area (Å²) >= 11 is 0. The quantitative estimate of drug-likeness (QED) is 0.0200. The van der Waals surface area contributed by atoms with Crippen molar-refractivity contribution in [3.63, 3.8) is 0 Å². The fraction of sp³-hybridized carbons (Fsp3) is 0.435. The third-order valence-corrected chi connectivity index (χ3v) is 12.1. The Labute approximate surface area is 353 Å². The van der Waals surface area contributed by atoms with Crippen molar-refractivity contribution < 1.29 is 33.9 Å². The Kier molecular flexibility index (Phi) is 13.2. The van der Waals surface area contributed by atoms with E-state index in [4.69, 9.17) is 28.7 Å². The van der Waals surface area contributed by atoms with Crippen LogP contribution >= 0.6 is 0 Å². The summed E-state index contributed by atoms with van der Waals surface area (Å²) in [4.78, 5) is 94.8. The van der Waals surface area contributed by atoms with E-state index in [0.29, 0.717) is 100 Å². The van der Waals surface area contributed by atoms with Crippen molar-refractivity contribution >= 4 is 57.3 Å². The predicted octanol–water partition coefficient (Wildman–Crippen LogP) is 5.25. The number of nitrogens with zero attached hydrogens (tertiary/aromatic N) is 2. The lowest BCUT2D eigenvalue weighted by Gasteiger charge is -2.18. The first-order valence-electron chi connectivity index (χ1n) is 20.7. The topological polar surface area (TPSA) is 242 Å². The van der Waals surface area contributed by atoms with E-state index in [9.17, 15) is 33.9 Å². The maximum atomic E-state index is 14.2. The van der Waals surface area contributed by atoms with Crippen LogP contribution in [0.25, 0.3) is 22.1 Å². The second kappa shape index (κ2) is 18.4. The number of carboxylic acid groups (broad SMARTS) is 1. The van der Waals surface area contributed by atoms with Crippen LogP contribution in [-0.4, -0.2) is 72.9 Å². The van der Waals surface area contributed by atoms with Gasteiger partial charge in [-0.2, -0.15) is 0 Å². The third kappa shape index (κ3) is 8.43. The number of fused-ring (bicyclic) bond motifs is 8. The molecule has 2 aliphatic heterocycles. The summed E-state index contributed by atoms with van der Waals surface area (Å²) in [6, 6.07) is 4.60. The molecule has 0 saturated carbocycles. The van der Waals surface area contributed by atoms with E-state index in [0.717, 1.165) is 0 Å². The van der Waals surface area contributed by atoms with Gasteiger partial charge in [-0.25, -0.2) is 5.84 Å². The molecule has 1 unspecified atom stereocenters. The van der Waals surface area contributed by atoms with Crippen molar-refractivity contribution in [2.75, 3.05) is 6.54 Å². The summed E-state index contributed by atoms with van der Waals surface area (Å²) < 4.78 is 0. The average Bonchev–Trinajstić information content (AvgIpc) is 3.99. The molecule has 3 amide bonds. The van der Waals surface area contributed by atoms with E-state index >= 15 is 0 Å². The number of amides is 3. The van der Waals surface area contributed by atoms with Gasteiger partial charge in [-0.15, -0.1) is 12.8 Å². The number of rotatable bonds is 15. The number of nitrogens with two attached hydrogens (primary N) is 1. The number of aliphatic carboxylic acids is 1. The summed E-state index contributed by atoms with van der Waals surface area (Å²) in [6.45, 7) is 9.21. The van der Waals surface area contributed by atoms with Crippen LogP contribution in [0.2, 0.25) is 0 Å². The lowest BCUT2D eigenvalue weighted by Crippen LogP contribution is -2.48. The Bertz CT molecular complexity index is 2570. The van der Waals surface area contributed by atoms with Crippen molar-refractivity contribution in [3.8, 4) is 24.7 Å². The van der Waals surface area contributed by atoms with Crippen LogP contribution < -0.4 is 21.9 Å². The van der Waals surface area contributed by atoms with Gasteiger partial charge in [0, 0.05) is 64.6 Å². The molecule has 15 nitrogen and oxygen atoms in total. The summed E-state index contributed by atoms with van der Waals surface area (Å²) in [7, 11) is 0. The zero-order chi connectivity index (χ0) is 44.3. The Morgan fingerprint density at radius 1 is 0.885 bits per heavy atom. The van der Waals surface area contributed by atoms with Crippen molar-refractivity contribution in [2.24, 2.45) is 5.84 Å². The number of hydrogen-bond acceptors (Lipinski definition) is 9. The molecule has 8 N–H and O–H groups in total. The molecule has 0 radical (unpaired) electrons. The van der Waals surface area contributed by atoms with Gasteiger partial charge in [0.25, 0.3) is 5.91 Å². The van der Waals surface area contributed by atoms with Gasteiger partial charge in [0.1, 0.15) is 12.0 Å². The van der Waals surface area contributed by atoms with E-state index in [1.807, 2.05) is 32.9 Å². The fourth-order valence-corrected chi connectivity index (χ4v) is 9.05. The fourth-order valence-electron chi connectivity index (χ4n) is 9.05. The maximum absolute atomic E-state index is 14.2. The van der Waals surface area contributed by atoms with Crippen LogP contribution in [0, 0.1) is 38.5 Å². The Balaban J connectivity index is 1.42. The molecule has 8 bridgehead atoms. The van der Waals surface area contributed by atoms with E-state index in [1.54, 1.807) is 13.0 Å².